The van der Waals surface area contributed by atoms with Gasteiger partial charge in [0.15, 0.2) is 0 Å². The van der Waals surface area contributed by atoms with E-state index in [9.17, 15) is 0 Å². The number of hydrogen-bond donors (Lipinski definition) is 1. The third kappa shape index (κ3) is 4.51. The van der Waals surface area contributed by atoms with Crippen molar-refractivity contribution < 1.29 is 4.52 Å². The highest BCUT2D eigenvalue weighted by atomic mass is 16.5. The van der Waals surface area contributed by atoms with Gasteiger partial charge in [-0.15, -0.1) is 0 Å². The first-order valence-electron chi connectivity index (χ1n) is 9.22. The molecule has 0 aromatic carbocycles. The molecule has 0 fully saturated rings. The third-order valence-electron chi connectivity index (χ3n) is 4.37. The van der Waals surface area contributed by atoms with Gasteiger partial charge in [-0.05, 0) is 33.4 Å². The number of anilines is 1. The SMILES string of the molecule is Cc1noc(C)c1-c1nc(NCC(C)(C)CN(C)C)ncc1-c1cnccn1. The number of nitrogens with one attached hydrogen (secondary N) is 1. The highest BCUT2D eigenvalue weighted by molar-refractivity contribution is 5.80. The minimum atomic E-state index is 0.0691. The molecule has 0 aliphatic rings. The number of nitrogens with zero attached hydrogens (tertiary/aromatic N) is 6. The Morgan fingerprint density at radius 1 is 1.11 bits per heavy atom. The molecule has 0 spiro atoms. The first-order valence-corrected chi connectivity index (χ1v) is 9.22. The van der Waals surface area contributed by atoms with Crippen LogP contribution in [0.1, 0.15) is 25.3 Å². The van der Waals surface area contributed by atoms with Crippen LogP contribution in [-0.4, -0.2) is 57.2 Å². The summed E-state index contributed by atoms with van der Waals surface area (Å²) in [6.45, 7) is 9.91. The Kier molecular flexibility index (Phi) is 5.69. The minimum Gasteiger partial charge on any atom is -0.361 e. The Morgan fingerprint density at radius 2 is 1.89 bits per heavy atom. The predicted octanol–water partition coefficient (Wildman–Crippen LogP) is 3.21. The zero-order valence-corrected chi connectivity index (χ0v) is 17.3. The average molecular weight is 381 g/mol. The predicted molar refractivity (Wildman–Crippen MR) is 109 cm³/mol. The Labute approximate surface area is 165 Å². The molecule has 3 aromatic heterocycles. The van der Waals surface area contributed by atoms with Crippen LogP contribution >= 0.6 is 0 Å². The van der Waals surface area contributed by atoms with Gasteiger partial charge in [-0.3, -0.25) is 9.97 Å². The van der Waals surface area contributed by atoms with Gasteiger partial charge in [0.25, 0.3) is 0 Å². The van der Waals surface area contributed by atoms with E-state index >= 15 is 0 Å². The van der Waals surface area contributed by atoms with Crippen LogP contribution in [0.2, 0.25) is 0 Å². The Morgan fingerprint density at radius 3 is 2.50 bits per heavy atom. The smallest absolute Gasteiger partial charge is 0.223 e. The van der Waals surface area contributed by atoms with E-state index in [1.54, 1.807) is 24.8 Å². The van der Waals surface area contributed by atoms with Crippen LogP contribution in [0, 0.1) is 19.3 Å². The van der Waals surface area contributed by atoms with Crippen molar-refractivity contribution in [1.82, 2.24) is 30.0 Å². The van der Waals surface area contributed by atoms with Crippen LogP contribution in [0.25, 0.3) is 22.5 Å². The van der Waals surface area contributed by atoms with Crippen LogP contribution in [-0.2, 0) is 0 Å². The maximum atomic E-state index is 5.37. The van der Waals surface area contributed by atoms with Gasteiger partial charge in [0, 0.05) is 37.2 Å². The largest absolute Gasteiger partial charge is 0.361 e. The molecule has 0 saturated heterocycles. The second kappa shape index (κ2) is 8.02. The Hall–Kier alpha value is -2.87. The number of aromatic nitrogens is 5. The van der Waals surface area contributed by atoms with Gasteiger partial charge >= 0.3 is 0 Å². The fourth-order valence-corrected chi connectivity index (χ4v) is 3.33. The van der Waals surface area contributed by atoms with Crippen molar-refractivity contribution >= 4 is 5.95 Å². The van der Waals surface area contributed by atoms with Crippen LogP contribution < -0.4 is 5.32 Å². The molecule has 3 rings (SSSR count). The van der Waals surface area contributed by atoms with E-state index in [1.807, 2.05) is 13.8 Å². The van der Waals surface area contributed by atoms with E-state index < -0.39 is 0 Å². The topological polar surface area (TPSA) is 92.9 Å². The summed E-state index contributed by atoms with van der Waals surface area (Å²) in [5.74, 6) is 1.27. The summed E-state index contributed by atoms with van der Waals surface area (Å²) < 4.78 is 5.37. The van der Waals surface area contributed by atoms with Crippen molar-refractivity contribution in [1.29, 1.82) is 0 Å². The summed E-state index contributed by atoms with van der Waals surface area (Å²) >= 11 is 0. The third-order valence-corrected chi connectivity index (χ3v) is 4.37. The molecule has 148 valence electrons. The van der Waals surface area contributed by atoms with E-state index in [0.29, 0.717) is 17.4 Å². The number of aryl methyl sites for hydroxylation is 2. The van der Waals surface area contributed by atoms with Crippen molar-refractivity contribution in [2.75, 3.05) is 32.5 Å². The molecule has 0 aliphatic heterocycles. The molecule has 3 aromatic rings. The number of hydrogen-bond acceptors (Lipinski definition) is 8. The van der Waals surface area contributed by atoms with E-state index in [4.69, 9.17) is 9.51 Å². The van der Waals surface area contributed by atoms with Crippen LogP contribution in [0.3, 0.4) is 0 Å². The standard InChI is InChI=1S/C20H27N7O/c1-13-17(14(2)28-26-13)18-15(16-10-21-7-8-22-16)9-23-19(25-18)24-11-20(3,4)12-27(5)6/h7-10H,11-12H2,1-6H3,(H,23,24,25). The first kappa shape index (κ1) is 19.9. The molecule has 0 amide bonds. The molecule has 0 saturated carbocycles. The van der Waals surface area contributed by atoms with Gasteiger partial charge in [0.05, 0.1) is 28.8 Å². The average Bonchev–Trinajstić information content (AvgIpc) is 2.98. The van der Waals surface area contributed by atoms with Crippen molar-refractivity contribution in [3.8, 4) is 22.5 Å². The van der Waals surface area contributed by atoms with Crippen LogP contribution in [0.5, 0.6) is 0 Å². The van der Waals surface area contributed by atoms with Gasteiger partial charge in [-0.1, -0.05) is 19.0 Å². The number of rotatable bonds is 7. The van der Waals surface area contributed by atoms with Gasteiger partial charge in [0.2, 0.25) is 5.95 Å². The second-order valence-corrected chi connectivity index (χ2v) is 8.00. The molecule has 8 heteroatoms. The summed E-state index contributed by atoms with van der Waals surface area (Å²) in [6, 6.07) is 0. The molecule has 0 radical (unpaired) electrons. The molecule has 0 aliphatic carbocycles. The summed E-state index contributed by atoms with van der Waals surface area (Å²) in [6.07, 6.45) is 6.78. The van der Waals surface area contributed by atoms with Crippen molar-refractivity contribution in [2.24, 2.45) is 5.41 Å². The molecule has 0 atom stereocenters. The van der Waals surface area contributed by atoms with Crippen LogP contribution in [0.4, 0.5) is 5.95 Å². The molecular formula is C20H27N7O. The maximum absolute atomic E-state index is 5.37. The van der Waals surface area contributed by atoms with E-state index in [1.165, 1.54) is 0 Å². The molecule has 8 nitrogen and oxygen atoms in total. The maximum Gasteiger partial charge on any atom is 0.223 e. The van der Waals surface area contributed by atoms with Crippen LogP contribution in [0.15, 0.2) is 29.3 Å². The van der Waals surface area contributed by atoms with Gasteiger partial charge in [-0.2, -0.15) is 0 Å². The fraction of sp³-hybridized carbons (Fsp3) is 0.450. The van der Waals surface area contributed by atoms with E-state index in [0.717, 1.165) is 35.6 Å². The molecule has 0 bridgehead atoms. The molecule has 3 heterocycles. The van der Waals surface area contributed by atoms with Crippen molar-refractivity contribution in [2.45, 2.75) is 27.7 Å². The summed E-state index contributed by atoms with van der Waals surface area (Å²) in [7, 11) is 4.15. The molecule has 28 heavy (non-hydrogen) atoms. The quantitative estimate of drug-likeness (QED) is 0.667. The van der Waals surface area contributed by atoms with Gasteiger partial charge < -0.3 is 14.7 Å². The zero-order chi connectivity index (χ0) is 20.3. The highest BCUT2D eigenvalue weighted by Crippen LogP contribution is 2.33. The molecule has 1 N–H and O–H groups in total. The van der Waals surface area contributed by atoms with E-state index in [-0.39, 0.29) is 5.41 Å². The minimum absolute atomic E-state index is 0.0691. The second-order valence-electron chi connectivity index (χ2n) is 8.00. The fourth-order valence-electron chi connectivity index (χ4n) is 3.33. The Balaban J connectivity index is 1.98. The zero-order valence-electron chi connectivity index (χ0n) is 17.3. The van der Waals surface area contributed by atoms with Crippen molar-refractivity contribution in [3.05, 3.63) is 36.2 Å². The monoisotopic (exact) mass is 381 g/mol. The Bertz CT molecular complexity index is 915. The summed E-state index contributed by atoms with van der Waals surface area (Å²) in [5, 5.41) is 7.45. The van der Waals surface area contributed by atoms with E-state index in [2.05, 4.69) is 58.3 Å². The normalized spacial score (nSPS) is 11.8. The lowest BCUT2D eigenvalue weighted by Crippen LogP contribution is -2.34. The van der Waals surface area contributed by atoms with Gasteiger partial charge in [0.1, 0.15) is 5.76 Å². The lowest BCUT2D eigenvalue weighted by atomic mass is 9.93. The summed E-state index contributed by atoms with van der Waals surface area (Å²) in [4.78, 5) is 20.1. The first-order chi connectivity index (χ1) is 13.3. The summed E-state index contributed by atoms with van der Waals surface area (Å²) in [5.41, 5.74) is 3.94. The lowest BCUT2D eigenvalue weighted by molar-refractivity contribution is 0.254. The van der Waals surface area contributed by atoms with Gasteiger partial charge in [-0.25, -0.2) is 9.97 Å². The lowest BCUT2D eigenvalue weighted by Gasteiger charge is -2.28. The molecular weight excluding hydrogens is 354 g/mol. The van der Waals surface area contributed by atoms with Crippen molar-refractivity contribution in [3.63, 3.8) is 0 Å². The highest BCUT2D eigenvalue weighted by Gasteiger charge is 2.22. The molecule has 0 unspecified atom stereocenters.